The minimum atomic E-state index is -1.20. The predicted molar refractivity (Wildman–Crippen MR) is 124 cm³/mol. The van der Waals surface area contributed by atoms with Crippen LogP contribution < -0.4 is 10.7 Å². The number of imide groups is 1. The lowest BCUT2D eigenvalue weighted by atomic mass is 9.87. The first-order valence-corrected chi connectivity index (χ1v) is 11.6. The molecule has 0 spiro atoms. The van der Waals surface area contributed by atoms with Crippen LogP contribution in [0.2, 0.25) is 0 Å². The van der Waals surface area contributed by atoms with Gasteiger partial charge in [-0.15, -0.1) is 0 Å². The zero-order chi connectivity index (χ0) is 23.4. The number of thioether (sulfide) groups is 1. The van der Waals surface area contributed by atoms with Gasteiger partial charge in [0.05, 0.1) is 23.4 Å². The number of nitrogens with one attached hydrogen (secondary N) is 2. The summed E-state index contributed by atoms with van der Waals surface area (Å²) in [4.78, 5) is 43.0. The smallest absolute Gasteiger partial charge is 0.344 e. The molecule has 2 heterocycles. The number of ether oxygens (including phenoxy) is 1. The van der Waals surface area contributed by atoms with Crippen LogP contribution in [0.25, 0.3) is 11.0 Å². The molecule has 0 radical (unpaired) electrons. The minimum Gasteiger partial charge on any atom is -0.383 e. The summed E-state index contributed by atoms with van der Waals surface area (Å²) in [7, 11) is 1.63. The number of carbonyl (C=O) groups excluding carboxylic acids is 3. The van der Waals surface area contributed by atoms with Crippen molar-refractivity contribution in [1.82, 2.24) is 25.3 Å². The number of fused-ring (bicyclic) bond motifs is 1. The van der Waals surface area contributed by atoms with Gasteiger partial charge in [0, 0.05) is 13.7 Å². The van der Waals surface area contributed by atoms with E-state index >= 15 is 0 Å². The number of hydrazine groups is 1. The number of imidazole rings is 1. The van der Waals surface area contributed by atoms with E-state index in [9.17, 15) is 14.4 Å². The molecule has 4 rings (SSSR count). The predicted octanol–water partition coefficient (Wildman–Crippen LogP) is 2.66. The molecule has 1 atom stereocenters. The number of rotatable bonds is 9. The summed E-state index contributed by atoms with van der Waals surface area (Å²) in [6, 6.07) is 16.1. The largest absolute Gasteiger partial charge is 0.383 e. The fraction of sp³-hybridized carbons (Fsp3) is 0.304. The molecule has 172 valence electrons. The first-order chi connectivity index (χ1) is 16.0. The Bertz CT molecular complexity index is 1180. The number of carbonyl (C=O) groups is 3. The van der Waals surface area contributed by atoms with Gasteiger partial charge in [-0.1, -0.05) is 61.2 Å². The Labute approximate surface area is 195 Å². The fourth-order valence-electron chi connectivity index (χ4n) is 3.89. The van der Waals surface area contributed by atoms with Gasteiger partial charge < -0.3 is 14.6 Å². The number of benzene rings is 2. The van der Waals surface area contributed by atoms with E-state index in [0.717, 1.165) is 16.0 Å². The van der Waals surface area contributed by atoms with E-state index in [4.69, 9.17) is 4.74 Å². The van der Waals surface area contributed by atoms with Gasteiger partial charge in [0.2, 0.25) is 5.91 Å². The standard InChI is InChI=1S/C23H25N5O4S/c1-3-23(16-9-5-4-6-10-16)20(30)28(21(31)25-23)26-19(29)15-33-22-24-17-11-7-8-12-18(17)27(22)13-14-32-2/h4-12H,3,13-15H2,1-2H3,(H,25,31)(H,26,29). The summed E-state index contributed by atoms with van der Waals surface area (Å²) in [6.45, 7) is 2.90. The summed E-state index contributed by atoms with van der Waals surface area (Å²) in [5.41, 5.74) is 3.69. The lowest BCUT2D eigenvalue weighted by Gasteiger charge is -2.25. The third kappa shape index (κ3) is 4.31. The molecule has 9 nitrogen and oxygen atoms in total. The van der Waals surface area contributed by atoms with Gasteiger partial charge in [0.1, 0.15) is 5.54 Å². The minimum absolute atomic E-state index is 0.0160. The van der Waals surface area contributed by atoms with E-state index in [-0.39, 0.29) is 5.75 Å². The number of hydrogen-bond donors (Lipinski definition) is 2. The van der Waals surface area contributed by atoms with Crippen molar-refractivity contribution in [2.24, 2.45) is 0 Å². The third-order valence-electron chi connectivity index (χ3n) is 5.60. The van der Waals surface area contributed by atoms with Crippen molar-refractivity contribution in [3.63, 3.8) is 0 Å². The second-order valence-electron chi connectivity index (χ2n) is 7.55. The fourth-order valence-corrected chi connectivity index (χ4v) is 4.72. The summed E-state index contributed by atoms with van der Waals surface area (Å²) in [5.74, 6) is -1.00. The molecular weight excluding hydrogens is 442 g/mol. The molecule has 0 bridgehead atoms. The highest BCUT2D eigenvalue weighted by atomic mass is 32.2. The zero-order valence-electron chi connectivity index (χ0n) is 18.4. The normalized spacial score (nSPS) is 18.1. The molecule has 33 heavy (non-hydrogen) atoms. The molecule has 0 aliphatic carbocycles. The number of methoxy groups -OCH3 is 1. The number of urea groups is 1. The summed E-state index contributed by atoms with van der Waals surface area (Å²) >= 11 is 1.23. The van der Waals surface area contributed by atoms with Gasteiger partial charge in [-0.3, -0.25) is 15.0 Å². The average Bonchev–Trinajstić information content (AvgIpc) is 3.32. The monoisotopic (exact) mass is 467 g/mol. The quantitative estimate of drug-likeness (QED) is 0.370. The van der Waals surface area contributed by atoms with Crippen molar-refractivity contribution < 1.29 is 19.1 Å². The maximum atomic E-state index is 13.2. The van der Waals surface area contributed by atoms with Crippen LogP contribution in [0.4, 0.5) is 4.79 Å². The van der Waals surface area contributed by atoms with Crippen LogP contribution in [-0.4, -0.2) is 51.9 Å². The van der Waals surface area contributed by atoms with Crippen LogP contribution in [0.5, 0.6) is 0 Å². The summed E-state index contributed by atoms with van der Waals surface area (Å²) < 4.78 is 7.19. The maximum Gasteiger partial charge on any atom is 0.344 e. The molecular formula is C23H25N5O4S. The lowest BCUT2D eigenvalue weighted by molar-refractivity contribution is -0.138. The van der Waals surface area contributed by atoms with Crippen LogP contribution in [0.1, 0.15) is 18.9 Å². The van der Waals surface area contributed by atoms with E-state index < -0.39 is 23.4 Å². The molecule has 0 saturated carbocycles. The van der Waals surface area contributed by atoms with Crippen molar-refractivity contribution in [3.8, 4) is 0 Å². The van der Waals surface area contributed by atoms with Gasteiger partial charge in [0.25, 0.3) is 5.91 Å². The van der Waals surface area contributed by atoms with Crippen LogP contribution in [0.15, 0.2) is 59.8 Å². The average molecular weight is 468 g/mol. The molecule has 4 amide bonds. The second kappa shape index (κ2) is 9.63. The van der Waals surface area contributed by atoms with Gasteiger partial charge in [-0.25, -0.2) is 9.78 Å². The third-order valence-corrected chi connectivity index (χ3v) is 6.57. The second-order valence-corrected chi connectivity index (χ2v) is 8.49. The number of aromatic nitrogens is 2. The highest BCUT2D eigenvalue weighted by Gasteiger charge is 2.52. The van der Waals surface area contributed by atoms with E-state index in [1.807, 2.05) is 41.8 Å². The van der Waals surface area contributed by atoms with Crippen molar-refractivity contribution in [3.05, 3.63) is 60.2 Å². The molecule has 1 aromatic heterocycles. The van der Waals surface area contributed by atoms with Crippen LogP contribution in [-0.2, 0) is 26.4 Å². The first kappa shape index (κ1) is 22.8. The Morgan fingerprint density at radius 2 is 1.88 bits per heavy atom. The Morgan fingerprint density at radius 1 is 1.15 bits per heavy atom. The van der Waals surface area contributed by atoms with Gasteiger partial charge >= 0.3 is 6.03 Å². The topological polar surface area (TPSA) is 106 Å². The SMILES string of the molecule is CCC1(c2ccccc2)NC(=O)N(NC(=O)CSc2nc3ccccc3n2CCOC)C1=O. The van der Waals surface area contributed by atoms with Gasteiger partial charge in [-0.05, 0) is 24.1 Å². The highest BCUT2D eigenvalue weighted by molar-refractivity contribution is 7.99. The molecule has 1 aliphatic heterocycles. The Hall–Kier alpha value is -3.37. The van der Waals surface area contributed by atoms with E-state index in [0.29, 0.717) is 30.3 Å². The molecule has 3 aromatic rings. The molecule has 2 aromatic carbocycles. The van der Waals surface area contributed by atoms with Crippen molar-refractivity contribution in [1.29, 1.82) is 0 Å². The molecule has 1 fully saturated rings. The Balaban J connectivity index is 1.46. The van der Waals surface area contributed by atoms with Crippen molar-refractivity contribution >= 4 is 40.6 Å². The Kier molecular flexibility index (Phi) is 6.66. The summed E-state index contributed by atoms with van der Waals surface area (Å²) in [6.07, 6.45) is 0.353. The first-order valence-electron chi connectivity index (χ1n) is 10.6. The molecule has 1 aliphatic rings. The van der Waals surface area contributed by atoms with Crippen LogP contribution >= 0.6 is 11.8 Å². The number of amides is 4. The van der Waals surface area contributed by atoms with E-state index in [1.54, 1.807) is 31.4 Å². The van der Waals surface area contributed by atoms with Gasteiger partial charge in [-0.2, -0.15) is 5.01 Å². The molecule has 1 unspecified atom stereocenters. The Morgan fingerprint density at radius 3 is 2.61 bits per heavy atom. The van der Waals surface area contributed by atoms with Crippen molar-refractivity contribution in [2.45, 2.75) is 30.6 Å². The summed E-state index contributed by atoms with van der Waals surface area (Å²) in [5, 5.41) is 4.18. The number of nitrogens with zero attached hydrogens (tertiary/aromatic N) is 3. The van der Waals surface area contributed by atoms with Gasteiger partial charge in [0.15, 0.2) is 5.16 Å². The molecule has 10 heteroatoms. The van der Waals surface area contributed by atoms with Crippen molar-refractivity contribution in [2.75, 3.05) is 19.5 Å². The molecule has 1 saturated heterocycles. The zero-order valence-corrected chi connectivity index (χ0v) is 19.2. The van der Waals surface area contributed by atoms with Crippen LogP contribution in [0.3, 0.4) is 0 Å². The highest BCUT2D eigenvalue weighted by Crippen LogP contribution is 2.31. The maximum absolute atomic E-state index is 13.2. The van der Waals surface area contributed by atoms with E-state index in [1.165, 1.54) is 11.8 Å². The molecule has 2 N–H and O–H groups in total. The number of hydrogen-bond acceptors (Lipinski definition) is 6. The van der Waals surface area contributed by atoms with E-state index in [2.05, 4.69) is 15.7 Å². The number of para-hydroxylation sites is 2. The van der Waals surface area contributed by atoms with Crippen LogP contribution in [0, 0.1) is 0 Å². The lowest BCUT2D eigenvalue weighted by Crippen LogP contribution is -2.49.